The highest BCUT2D eigenvalue weighted by Crippen LogP contribution is 2.29. The van der Waals surface area contributed by atoms with Crippen LogP contribution < -0.4 is 5.73 Å². The van der Waals surface area contributed by atoms with Gasteiger partial charge in [-0.1, -0.05) is 12.1 Å². The molecular formula is C12H14FN3. The van der Waals surface area contributed by atoms with Crippen molar-refractivity contribution in [3.8, 4) is 11.3 Å². The fourth-order valence-corrected chi connectivity index (χ4v) is 1.70. The van der Waals surface area contributed by atoms with Crippen LogP contribution >= 0.6 is 0 Å². The highest BCUT2D eigenvalue weighted by Gasteiger charge is 2.15. The van der Waals surface area contributed by atoms with Gasteiger partial charge < -0.3 is 5.73 Å². The fourth-order valence-electron chi connectivity index (χ4n) is 1.70. The molecule has 0 aliphatic carbocycles. The molecule has 0 bridgehead atoms. The zero-order chi connectivity index (χ0) is 11.7. The first-order valence-corrected chi connectivity index (χ1v) is 5.19. The van der Waals surface area contributed by atoms with Crippen molar-refractivity contribution in [1.29, 1.82) is 0 Å². The van der Waals surface area contributed by atoms with E-state index < -0.39 is 0 Å². The summed E-state index contributed by atoms with van der Waals surface area (Å²) in [5.74, 6) is -0.281. The topological polar surface area (TPSA) is 43.8 Å². The lowest BCUT2D eigenvalue weighted by molar-refractivity contribution is 0.535. The van der Waals surface area contributed by atoms with E-state index in [-0.39, 0.29) is 11.9 Å². The minimum absolute atomic E-state index is 0.145. The Morgan fingerprint density at radius 3 is 2.62 bits per heavy atom. The Labute approximate surface area is 93.7 Å². The number of hydrogen-bond acceptors (Lipinski definition) is 2. The third-order valence-corrected chi connectivity index (χ3v) is 2.44. The summed E-state index contributed by atoms with van der Waals surface area (Å²) in [6.07, 6.45) is 1.56. The molecule has 1 aromatic heterocycles. The molecule has 2 aromatic rings. The molecule has 0 atom stereocenters. The zero-order valence-corrected chi connectivity index (χ0v) is 9.31. The van der Waals surface area contributed by atoms with Crippen LogP contribution in [0.4, 0.5) is 10.1 Å². The average molecular weight is 219 g/mol. The first-order valence-electron chi connectivity index (χ1n) is 5.19. The SMILES string of the molecule is CC(C)n1ncc(N)c1-c1ccccc1F. The Bertz CT molecular complexity index is 503. The molecular weight excluding hydrogens is 205 g/mol. The largest absolute Gasteiger partial charge is 0.396 e. The van der Waals surface area contributed by atoms with Crippen LogP contribution in [0.3, 0.4) is 0 Å². The van der Waals surface area contributed by atoms with Crippen LogP contribution in [0.25, 0.3) is 11.3 Å². The van der Waals surface area contributed by atoms with E-state index in [0.717, 1.165) is 0 Å². The molecule has 0 aliphatic rings. The first-order chi connectivity index (χ1) is 7.61. The molecule has 2 rings (SSSR count). The van der Waals surface area contributed by atoms with Crippen LogP contribution in [0.5, 0.6) is 0 Å². The van der Waals surface area contributed by atoms with E-state index in [1.54, 1.807) is 29.1 Å². The standard InChI is InChI=1S/C12H14FN3/c1-8(2)16-12(11(14)7-15-16)9-5-3-4-6-10(9)13/h3-8H,14H2,1-2H3. The summed E-state index contributed by atoms with van der Waals surface area (Å²) in [6, 6.07) is 6.72. The summed E-state index contributed by atoms with van der Waals surface area (Å²) in [7, 11) is 0. The predicted molar refractivity (Wildman–Crippen MR) is 62.4 cm³/mol. The van der Waals surface area contributed by atoms with Crippen molar-refractivity contribution >= 4 is 5.69 Å². The van der Waals surface area contributed by atoms with Crippen LogP contribution in [0.1, 0.15) is 19.9 Å². The molecule has 0 fully saturated rings. The third-order valence-electron chi connectivity index (χ3n) is 2.44. The Morgan fingerprint density at radius 2 is 2.00 bits per heavy atom. The zero-order valence-electron chi connectivity index (χ0n) is 9.31. The van der Waals surface area contributed by atoms with Crippen LogP contribution in [0, 0.1) is 5.82 Å². The van der Waals surface area contributed by atoms with Crippen molar-refractivity contribution < 1.29 is 4.39 Å². The van der Waals surface area contributed by atoms with Crippen LogP contribution in [0.2, 0.25) is 0 Å². The van der Waals surface area contributed by atoms with E-state index in [9.17, 15) is 4.39 Å². The number of aromatic nitrogens is 2. The van der Waals surface area contributed by atoms with Gasteiger partial charge in [0.25, 0.3) is 0 Å². The second kappa shape index (κ2) is 3.96. The lowest BCUT2D eigenvalue weighted by Crippen LogP contribution is -2.06. The molecule has 0 amide bonds. The molecule has 84 valence electrons. The monoisotopic (exact) mass is 219 g/mol. The molecule has 0 spiro atoms. The van der Waals surface area contributed by atoms with E-state index in [2.05, 4.69) is 5.10 Å². The van der Waals surface area contributed by atoms with Gasteiger partial charge >= 0.3 is 0 Å². The summed E-state index contributed by atoms with van der Waals surface area (Å²) in [5, 5.41) is 4.16. The minimum atomic E-state index is -0.281. The number of rotatable bonds is 2. The fraction of sp³-hybridized carbons (Fsp3) is 0.250. The molecule has 1 aromatic carbocycles. The molecule has 0 saturated carbocycles. The summed E-state index contributed by atoms with van der Waals surface area (Å²) in [4.78, 5) is 0. The summed E-state index contributed by atoms with van der Waals surface area (Å²) >= 11 is 0. The van der Waals surface area contributed by atoms with Gasteiger partial charge in [0.2, 0.25) is 0 Å². The van der Waals surface area contributed by atoms with Crippen molar-refractivity contribution in [2.24, 2.45) is 0 Å². The number of hydrogen-bond donors (Lipinski definition) is 1. The van der Waals surface area contributed by atoms with Gasteiger partial charge in [0.1, 0.15) is 5.82 Å². The highest BCUT2D eigenvalue weighted by atomic mass is 19.1. The van der Waals surface area contributed by atoms with Gasteiger partial charge in [0, 0.05) is 11.6 Å². The van der Waals surface area contributed by atoms with Crippen LogP contribution in [-0.4, -0.2) is 9.78 Å². The van der Waals surface area contributed by atoms with Gasteiger partial charge in [-0.3, -0.25) is 4.68 Å². The van der Waals surface area contributed by atoms with Gasteiger partial charge in [-0.25, -0.2) is 4.39 Å². The van der Waals surface area contributed by atoms with Crippen molar-refractivity contribution in [3.05, 3.63) is 36.3 Å². The van der Waals surface area contributed by atoms with Gasteiger partial charge in [0.05, 0.1) is 17.6 Å². The summed E-state index contributed by atoms with van der Waals surface area (Å²) in [5.41, 5.74) is 7.47. The van der Waals surface area contributed by atoms with Crippen molar-refractivity contribution in [2.45, 2.75) is 19.9 Å². The Hall–Kier alpha value is -1.84. The first kappa shape index (κ1) is 10.7. The molecule has 0 saturated heterocycles. The number of nitrogens with two attached hydrogens (primary N) is 1. The maximum absolute atomic E-state index is 13.7. The van der Waals surface area contributed by atoms with E-state index in [4.69, 9.17) is 5.73 Å². The Kier molecular flexibility index (Phi) is 2.64. The third kappa shape index (κ3) is 1.66. The number of benzene rings is 1. The van der Waals surface area contributed by atoms with E-state index in [1.165, 1.54) is 6.07 Å². The van der Waals surface area contributed by atoms with E-state index in [1.807, 2.05) is 13.8 Å². The molecule has 4 heteroatoms. The molecule has 0 unspecified atom stereocenters. The van der Waals surface area contributed by atoms with Gasteiger partial charge in [0.15, 0.2) is 0 Å². The maximum Gasteiger partial charge on any atom is 0.132 e. The highest BCUT2D eigenvalue weighted by molar-refractivity contribution is 5.73. The predicted octanol–water partition coefficient (Wildman–Crippen LogP) is 2.85. The lowest BCUT2D eigenvalue weighted by Gasteiger charge is -2.12. The average Bonchev–Trinajstić information content (AvgIpc) is 2.61. The molecule has 1 heterocycles. The van der Waals surface area contributed by atoms with Crippen LogP contribution in [0.15, 0.2) is 30.5 Å². The van der Waals surface area contributed by atoms with Crippen LogP contribution in [-0.2, 0) is 0 Å². The Morgan fingerprint density at radius 1 is 1.31 bits per heavy atom. The van der Waals surface area contributed by atoms with Gasteiger partial charge in [-0.15, -0.1) is 0 Å². The molecule has 3 nitrogen and oxygen atoms in total. The summed E-state index contributed by atoms with van der Waals surface area (Å²) < 4.78 is 15.4. The normalized spacial score (nSPS) is 11.0. The number of halogens is 1. The number of anilines is 1. The van der Waals surface area contributed by atoms with E-state index in [0.29, 0.717) is 16.9 Å². The van der Waals surface area contributed by atoms with Crippen molar-refractivity contribution in [1.82, 2.24) is 9.78 Å². The van der Waals surface area contributed by atoms with Crippen molar-refractivity contribution in [3.63, 3.8) is 0 Å². The van der Waals surface area contributed by atoms with Gasteiger partial charge in [-0.2, -0.15) is 5.10 Å². The number of nitrogens with zero attached hydrogens (tertiary/aromatic N) is 2. The summed E-state index contributed by atoms with van der Waals surface area (Å²) in [6.45, 7) is 3.97. The molecule has 0 aliphatic heterocycles. The van der Waals surface area contributed by atoms with Gasteiger partial charge in [-0.05, 0) is 26.0 Å². The van der Waals surface area contributed by atoms with Crippen molar-refractivity contribution in [2.75, 3.05) is 5.73 Å². The molecule has 2 N–H and O–H groups in total. The quantitative estimate of drug-likeness (QED) is 0.844. The lowest BCUT2D eigenvalue weighted by atomic mass is 10.1. The number of nitrogen functional groups attached to an aromatic ring is 1. The molecule has 0 radical (unpaired) electrons. The second-order valence-corrected chi connectivity index (χ2v) is 3.97. The smallest absolute Gasteiger partial charge is 0.132 e. The minimum Gasteiger partial charge on any atom is -0.396 e. The maximum atomic E-state index is 13.7. The Balaban J connectivity index is 2.64. The second-order valence-electron chi connectivity index (χ2n) is 3.97. The van der Waals surface area contributed by atoms with E-state index >= 15 is 0 Å². The molecule has 16 heavy (non-hydrogen) atoms.